The zero-order valence-electron chi connectivity index (χ0n) is 22.1. The SMILES string of the molecule is COc1cncc(NC(=O)c2cc(F)c(-n3nc4n(c3=O)CCCC4)cc2O[C@@H](C)C2CCCCC2)c1C. The standard InChI is InChI=1S/C28H34FN5O4/c1-17-22(15-30-16-25(17)37-3)31-27(35)20-13-21(29)23(34-28(36)33-12-8-7-11-26(33)32-34)14-24(20)38-18(2)19-9-5-4-6-10-19/h13-16,18-19H,4-12H2,1-3H3,(H,31,35)/t18-/m0/s1. The lowest BCUT2D eigenvalue weighted by Gasteiger charge is -2.29. The van der Waals surface area contributed by atoms with Gasteiger partial charge in [0.1, 0.15) is 28.8 Å². The van der Waals surface area contributed by atoms with Crippen molar-refractivity contribution in [3.8, 4) is 17.2 Å². The number of fused-ring (bicyclic) bond motifs is 1. The molecule has 0 radical (unpaired) electrons. The molecule has 1 atom stereocenters. The molecule has 0 unspecified atom stereocenters. The van der Waals surface area contributed by atoms with Crippen LogP contribution in [0, 0.1) is 18.7 Å². The molecule has 0 saturated heterocycles. The van der Waals surface area contributed by atoms with Gasteiger partial charge in [-0.3, -0.25) is 14.3 Å². The monoisotopic (exact) mass is 523 g/mol. The molecule has 1 saturated carbocycles. The Morgan fingerprint density at radius 2 is 1.92 bits per heavy atom. The van der Waals surface area contributed by atoms with Crippen LogP contribution in [0.2, 0.25) is 0 Å². The highest BCUT2D eigenvalue weighted by atomic mass is 19.1. The minimum atomic E-state index is -0.731. The summed E-state index contributed by atoms with van der Waals surface area (Å²) in [6, 6.07) is 2.56. The van der Waals surface area contributed by atoms with Crippen LogP contribution >= 0.6 is 0 Å². The fraction of sp³-hybridized carbons (Fsp3) is 0.500. The summed E-state index contributed by atoms with van der Waals surface area (Å²) in [6.07, 6.45) is 10.9. The van der Waals surface area contributed by atoms with Crippen LogP contribution in [-0.4, -0.2) is 38.5 Å². The molecule has 1 fully saturated rings. The average Bonchev–Trinajstić information content (AvgIpc) is 3.27. The molecule has 0 bridgehead atoms. The van der Waals surface area contributed by atoms with Gasteiger partial charge >= 0.3 is 5.69 Å². The van der Waals surface area contributed by atoms with Crippen LogP contribution in [0.25, 0.3) is 5.69 Å². The van der Waals surface area contributed by atoms with Crippen LogP contribution in [0.4, 0.5) is 10.1 Å². The number of benzene rings is 1. The van der Waals surface area contributed by atoms with Crippen LogP contribution in [0.3, 0.4) is 0 Å². The third kappa shape index (κ3) is 5.04. The van der Waals surface area contributed by atoms with E-state index in [-0.39, 0.29) is 28.8 Å². The minimum Gasteiger partial charge on any atom is -0.495 e. The Labute approximate surface area is 221 Å². The Hall–Kier alpha value is -3.69. The molecule has 9 nitrogen and oxygen atoms in total. The lowest BCUT2D eigenvalue weighted by atomic mass is 9.86. The molecule has 3 aromatic rings. The van der Waals surface area contributed by atoms with E-state index in [1.807, 2.05) is 6.92 Å². The van der Waals surface area contributed by atoms with Gasteiger partial charge in [0.15, 0.2) is 0 Å². The highest BCUT2D eigenvalue weighted by Crippen LogP contribution is 2.33. The molecule has 38 heavy (non-hydrogen) atoms. The largest absolute Gasteiger partial charge is 0.495 e. The van der Waals surface area contributed by atoms with Gasteiger partial charge < -0.3 is 14.8 Å². The number of hydrogen-bond acceptors (Lipinski definition) is 6. The highest BCUT2D eigenvalue weighted by molar-refractivity contribution is 6.06. The number of carbonyl (C=O) groups excluding carboxylic acids is 1. The predicted octanol–water partition coefficient (Wildman–Crippen LogP) is 4.82. The number of nitrogens with one attached hydrogen (secondary N) is 1. The number of amides is 1. The van der Waals surface area contributed by atoms with Gasteiger partial charge in [0.25, 0.3) is 5.91 Å². The van der Waals surface area contributed by atoms with Crippen molar-refractivity contribution in [1.82, 2.24) is 19.3 Å². The fourth-order valence-electron chi connectivity index (χ4n) is 5.46. The second kappa shape index (κ2) is 11.0. The molecular weight excluding hydrogens is 489 g/mol. The first-order valence-corrected chi connectivity index (χ1v) is 13.4. The fourth-order valence-corrected chi connectivity index (χ4v) is 5.46. The number of aromatic nitrogens is 4. The Morgan fingerprint density at radius 1 is 1.13 bits per heavy atom. The summed E-state index contributed by atoms with van der Waals surface area (Å²) in [6.45, 7) is 4.35. The summed E-state index contributed by atoms with van der Waals surface area (Å²) in [5.41, 5.74) is 0.760. The topological polar surface area (TPSA) is 100 Å². The third-order valence-corrected chi connectivity index (χ3v) is 7.76. The second-order valence-electron chi connectivity index (χ2n) is 10.2. The maximum Gasteiger partial charge on any atom is 0.350 e. The van der Waals surface area contributed by atoms with Gasteiger partial charge in [-0.15, -0.1) is 5.10 Å². The second-order valence-corrected chi connectivity index (χ2v) is 10.2. The summed E-state index contributed by atoms with van der Waals surface area (Å²) < 4.78 is 29.9. The number of halogens is 1. The first-order chi connectivity index (χ1) is 18.4. The summed E-state index contributed by atoms with van der Waals surface area (Å²) in [5.74, 6) is 0.433. The Kier molecular flexibility index (Phi) is 7.49. The van der Waals surface area contributed by atoms with Gasteiger partial charge in [-0.1, -0.05) is 19.3 Å². The van der Waals surface area contributed by atoms with Crippen LogP contribution in [0.15, 0.2) is 29.3 Å². The van der Waals surface area contributed by atoms with Crippen molar-refractivity contribution in [2.24, 2.45) is 5.92 Å². The van der Waals surface area contributed by atoms with E-state index in [0.717, 1.165) is 49.3 Å². The van der Waals surface area contributed by atoms with E-state index in [1.165, 1.54) is 25.8 Å². The zero-order valence-corrected chi connectivity index (χ0v) is 22.1. The number of rotatable bonds is 7. The summed E-state index contributed by atoms with van der Waals surface area (Å²) >= 11 is 0. The molecule has 1 aromatic carbocycles. The number of pyridine rings is 1. The number of ether oxygens (including phenoxy) is 2. The predicted molar refractivity (Wildman–Crippen MR) is 141 cm³/mol. The number of nitrogens with zero attached hydrogens (tertiary/aromatic N) is 4. The number of hydrogen-bond donors (Lipinski definition) is 1. The maximum atomic E-state index is 15.6. The van der Waals surface area contributed by atoms with E-state index in [0.29, 0.717) is 41.7 Å². The average molecular weight is 524 g/mol. The van der Waals surface area contributed by atoms with Crippen molar-refractivity contribution >= 4 is 11.6 Å². The van der Waals surface area contributed by atoms with Crippen LogP contribution in [-0.2, 0) is 13.0 Å². The molecule has 1 N–H and O–H groups in total. The molecule has 0 spiro atoms. The van der Waals surface area contributed by atoms with Gasteiger partial charge in [-0.05, 0) is 51.5 Å². The summed E-state index contributed by atoms with van der Waals surface area (Å²) in [5, 5.41) is 7.23. The molecule has 5 rings (SSSR count). The molecule has 3 heterocycles. The number of methoxy groups -OCH3 is 1. The normalized spacial score (nSPS) is 16.5. The van der Waals surface area contributed by atoms with Crippen molar-refractivity contribution in [2.45, 2.75) is 77.9 Å². The zero-order chi connectivity index (χ0) is 26.8. The van der Waals surface area contributed by atoms with Gasteiger partial charge in [0.05, 0.1) is 36.9 Å². The van der Waals surface area contributed by atoms with E-state index in [2.05, 4.69) is 15.4 Å². The maximum absolute atomic E-state index is 15.6. The number of aryl methyl sites for hydroxylation is 1. The molecule has 1 amide bonds. The molecule has 1 aliphatic carbocycles. The first kappa shape index (κ1) is 25.9. The number of anilines is 1. The van der Waals surface area contributed by atoms with E-state index in [4.69, 9.17) is 9.47 Å². The first-order valence-electron chi connectivity index (χ1n) is 13.4. The molecular formula is C28H34FN5O4. The van der Waals surface area contributed by atoms with Crippen LogP contribution < -0.4 is 20.5 Å². The van der Waals surface area contributed by atoms with E-state index < -0.39 is 11.7 Å². The third-order valence-electron chi connectivity index (χ3n) is 7.76. The lowest BCUT2D eigenvalue weighted by Crippen LogP contribution is -2.28. The van der Waals surface area contributed by atoms with Crippen molar-refractivity contribution in [2.75, 3.05) is 12.4 Å². The number of carbonyl (C=O) groups is 1. The van der Waals surface area contributed by atoms with Crippen molar-refractivity contribution < 1.29 is 18.7 Å². The molecule has 2 aromatic heterocycles. The quantitative estimate of drug-likeness (QED) is 0.477. The minimum absolute atomic E-state index is 0.0291. The van der Waals surface area contributed by atoms with Gasteiger partial charge in [-0.25, -0.2) is 9.18 Å². The summed E-state index contributed by atoms with van der Waals surface area (Å²) in [4.78, 5) is 30.6. The molecule has 1 aliphatic heterocycles. The molecule has 2 aliphatic rings. The Bertz CT molecular complexity index is 1390. The Morgan fingerprint density at radius 3 is 2.66 bits per heavy atom. The molecule has 10 heteroatoms. The smallest absolute Gasteiger partial charge is 0.350 e. The van der Waals surface area contributed by atoms with Gasteiger partial charge in [-0.2, -0.15) is 4.68 Å². The van der Waals surface area contributed by atoms with E-state index >= 15 is 4.39 Å². The highest BCUT2D eigenvalue weighted by Gasteiger charge is 2.27. The van der Waals surface area contributed by atoms with Crippen LogP contribution in [0.5, 0.6) is 11.5 Å². The van der Waals surface area contributed by atoms with Gasteiger partial charge in [0.2, 0.25) is 0 Å². The van der Waals surface area contributed by atoms with Crippen molar-refractivity contribution in [3.63, 3.8) is 0 Å². The van der Waals surface area contributed by atoms with E-state index in [1.54, 1.807) is 17.7 Å². The van der Waals surface area contributed by atoms with Crippen molar-refractivity contribution in [1.29, 1.82) is 0 Å². The lowest BCUT2D eigenvalue weighted by molar-refractivity contribution is 0.0997. The van der Waals surface area contributed by atoms with Crippen molar-refractivity contribution in [3.05, 3.63) is 57.8 Å². The molecule has 202 valence electrons. The summed E-state index contributed by atoms with van der Waals surface area (Å²) in [7, 11) is 1.53. The van der Waals surface area contributed by atoms with Gasteiger partial charge in [0, 0.05) is 24.6 Å². The van der Waals surface area contributed by atoms with Crippen LogP contribution in [0.1, 0.15) is 73.6 Å². The Balaban J connectivity index is 1.54. The van der Waals surface area contributed by atoms with E-state index in [9.17, 15) is 9.59 Å².